The Labute approximate surface area is 145 Å². The van der Waals surface area contributed by atoms with E-state index in [1.54, 1.807) is 18.3 Å². The largest absolute Gasteiger partial charge is 0.591 e. The molecule has 128 valence electrons. The van der Waals surface area contributed by atoms with Gasteiger partial charge in [0.2, 0.25) is 0 Å². The first-order valence-corrected chi connectivity index (χ1v) is 8.78. The molecular weight excluding hydrogens is 325 g/mol. The normalized spacial score (nSPS) is 14.6. The molecule has 0 aromatic heterocycles. The van der Waals surface area contributed by atoms with Gasteiger partial charge in [0.1, 0.15) is 16.1 Å². The first-order chi connectivity index (χ1) is 11.3. The highest BCUT2D eigenvalue weighted by Gasteiger charge is 2.26. The van der Waals surface area contributed by atoms with Gasteiger partial charge in [-0.15, -0.1) is 0 Å². The quantitative estimate of drug-likeness (QED) is 0.590. The van der Waals surface area contributed by atoms with Crippen LogP contribution in [0.3, 0.4) is 0 Å². The van der Waals surface area contributed by atoms with Crippen LogP contribution >= 0.6 is 0 Å². The topological polar surface area (TPSA) is 44.6 Å². The number of benzene rings is 2. The van der Waals surface area contributed by atoms with Crippen molar-refractivity contribution in [2.24, 2.45) is 4.40 Å². The van der Waals surface area contributed by atoms with Gasteiger partial charge in [-0.2, -0.15) is 0 Å². The second-order valence-electron chi connectivity index (χ2n) is 6.40. The number of nitrogens with zero attached hydrogens (tertiary/aromatic N) is 1. The molecule has 5 heteroatoms. The number of methoxy groups -OCH3 is 1. The Balaban J connectivity index is 2.43. The minimum atomic E-state index is -1.35. The molecule has 0 radical (unpaired) electrons. The summed E-state index contributed by atoms with van der Waals surface area (Å²) in [6.45, 7) is 5.62. The summed E-state index contributed by atoms with van der Waals surface area (Å²) >= 11 is -1.35. The molecule has 0 spiro atoms. The Morgan fingerprint density at radius 2 is 1.79 bits per heavy atom. The minimum Gasteiger partial charge on any atom is -0.591 e. The van der Waals surface area contributed by atoms with Gasteiger partial charge in [-0.05, 0) is 44.0 Å². The van der Waals surface area contributed by atoms with E-state index in [0.29, 0.717) is 0 Å². The Kier molecular flexibility index (Phi) is 6.02. The van der Waals surface area contributed by atoms with Crippen molar-refractivity contribution in [3.8, 4) is 5.75 Å². The number of rotatable bonds is 5. The fourth-order valence-electron chi connectivity index (χ4n) is 2.17. The maximum Gasteiger partial charge on any atom is 0.165 e. The fraction of sp³-hybridized carbons (Fsp3) is 0.316. The summed E-state index contributed by atoms with van der Waals surface area (Å²) in [6.07, 6.45) is 1.67. The average Bonchev–Trinajstić information content (AvgIpc) is 2.56. The Morgan fingerprint density at radius 3 is 2.38 bits per heavy atom. The highest BCUT2D eigenvalue weighted by molar-refractivity contribution is 7.91. The van der Waals surface area contributed by atoms with Crippen molar-refractivity contribution in [2.45, 2.75) is 31.4 Å². The fourth-order valence-corrected chi connectivity index (χ4v) is 2.72. The lowest BCUT2D eigenvalue weighted by molar-refractivity contribution is 0.386. The summed E-state index contributed by atoms with van der Waals surface area (Å²) < 4.78 is 34.8. The summed E-state index contributed by atoms with van der Waals surface area (Å²) in [5.74, 6) is -0.464. The van der Waals surface area contributed by atoms with E-state index in [2.05, 4.69) is 4.40 Å². The molecule has 2 aromatic carbocycles. The molecule has 24 heavy (non-hydrogen) atoms. The molecule has 0 fully saturated rings. The van der Waals surface area contributed by atoms with Crippen LogP contribution in [0.15, 0.2) is 52.9 Å². The zero-order chi connectivity index (χ0) is 17.7. The van der Waals surface area contributed by atoms with E-state index in [-0.39, 0.29) is 11.7 Å². The molecule has 0 bridgehead atoms. The van der Waals surface area contributed by atoms with Crippen LogP contribution in [0.25, 0.3) is 0 Å². The number of hydrogen-bond acceptors (Lipinski definition) is 3. The van der Waals surface area contributed by atoms with Crippen molar-refractivity contribution >= 4 is 17.6 Å². The Morgan fingerprint density at radius 1 is 1.12 bits per heavy atom. The first-order valence-electron chi connectivity index (χ1n) is 7.67. The number of ether oxygens (including phenoxy) is 1. The highest BCUT2D eigenvalue weighted by atomic mass is 32.2. The molecule has 0 aliphatic carbocycles. The molecule has 0 N–H and O–H groups in total. The maximum atomic E-state index is 13.7. The van der Waals surface area contributed by atoms with E-state index in [0.717, 1.165) is 11.1 Å². The Bertz CT molecular complexity index is 698. The van der Waals surface area contributed by atoms with Crippen LogP contribution in [-0.4, -0.2) is 22.6 Å². The van der Waals surface area contributed by atoms with Gasteiger partial charge in [-0.25, -0.2) is 4.39 Å². The maximum absolute atomic E-state index is 13.7. The van der Waals surface area contributed by atoms with Crippen LogP contribution in [0.5, 0.6) is 5.75 Å². The lowest BCUT2D eigenvalue weighted by Crippen LogP contribution is -2.26. The molecule has 2 atom stereocenters. The van der Waals surface area contributed by atoms with Crippen LogP contribution in [0.1, 0.15) is 37.8 Å². The standard InChI is InChI=1S/C19H22FNO2S/c1-19(2,3)24(22)21-13-16(14-8-6-5-7-9-14)15-10-11-17(20)18(12-15)23-4/h5-13,16H,1-4H3/b21-13+. The van der Waals surface area contributed by atoms with Gasteiger partial charge in [0.25, 0.3) is 0 Å². The summed E-state index contributed by atoms with van der Waals surface area (Å²) in [4.78, 5) is 0. The zero-order valence-corrected chi connectivity index (χ0v) is 15.1. The zero-order valence-electron chi connectivity index (χ0n) is 14.3. The number of hydrogen-bond donors (Lipinski definition) is 0. The second-order valence-corrected chi connectivity index (χ2v) is 8.33. The third-order valence-electron chi connectivity index (χ3n) is 3.52. The van der Waals surface area contributed by atoms with Crippen molar-refractivity contribution in [1.29, 1.82) is 0 Å². The van der Waals surface area contributed by atoms with E-state index < -0.39 is 21.9 Å². The molecule has 0 aliphatic rings. The average molecular weight is 347 g/mol. The van der Waals surface area contributed by atoms with Crippen molar-refractivity contribution in [1.82, 2.24) is 0 Å². The molecule has 3 nitrogen and oxygen atoms in total. The predicted molar refractivity (Wildman–Crippen MR) is 97.6 cm³/mol. The van der Waals surface area contributed by atoms with Gasteiger partial charge >= 0.3 is 0 Å². The third-order valence-corrected chi connectivity index (χ3v) is 4.88. The van der Waals surface area contributed by atoms with Gasteiger partial charge in [0.15, 0.2) is 11.6 Å². The predicted octanol–water partition coefficient (Wildman–Crippen LogP) is 4.50. The van der Waals surface area contributed by atoms with Crippen LogP contribution in [0, 0.1) is 5.82 Å². The summed E-state index contributed by atoms with van der Waals surface area (Å²) in [5.41, 5.74) is 1.81. The SMILES string of the molecule is COc1cc(C(/C=N/[S+]([O-])C(C)(C)C)c2ccccc2)ccc1F. The monoisotopic (exact) mass is 347 g/mol. The van der Waals surface area contributed by atoms with Gasteiger partial charge < -0.3 is 9.29 Å². The summed E-state index contributed by atoms with van der Waals surface area (Å²) in [7, 11) is 1.43. The molecule has 0 saturated carbocycles. The van der Waals surface area contributed by atoms with E-state index in [1.807, 2.05) is 51.1 Å². The molecule has 2 unspecified atom stereocenters. The minimum absolute atomic E-state index is 0.179. The summed E-state index contributed by atoms with van der Waals surface area (Å²) in [5, 5.41) is 0. The van der Waals surface area contributed by atoms with Crippen LogP contribution in [-0.2, 0) is 11.4 Å². The van der Waals surface area contributed by atoms with Crippen molar-refractivity contribution in [3.63, 3.8) is 0 Å². The lowest BCUT2D eigenvalue weighted by Gasteiger charge is -2.19. The van der Waals surface area contributed by atoms with Gasteiger partial charge in [-0.1, -0.05) is 40.8 Å². The molecule has 0 heterocycles. The van der Waals surface area contributed by atoms with E-state index in [1.165, 1.54) is 13.2 Å². The van der Waals surface area contributed by atoms with Gasteiger partial charge in [0, 0.05) is 5.92 Å². The van der Waals surface area contributed by atoms with Crippen LogP contribution in [0.2, 0.25) is 0 Å². The molecule has 0 amide bonds. The van der Waals surface area contributed by atoms with E-state index in [9.17, 15) is 8.94 Å². The molecule has 0 saturated heterocycles. The van der Waals surface area contributed by atoms with Gasteiger partial charge in [0.05, 0.1) is 13.3 Å². The third kappa shape index (κ3) is 4.58. The van der Waals surface area contributed by atoms with Crippen LogP contribution < -0.4 is 4.74 Å². The van der Waals surface area contributed by atoms with Crippen molar-refractivity contribution < 1.29 is 13.7 Å². The second kappa shape index (κ2) is 7.81. The molecule has 2 rings (SSSR count). The van der Waals surface area contributed by atoms with Crippen LogP contribution in [0.4, 0.5) is 4.39 Å². The van der Waals surface area contributed by atoms with E-state index >= 15 is 0 Å². The van der Waals surface area contributed by atoms with Crippen molar-refractivity contribution in [3.05, 3.63) is 65.5 Å². The first kappa shape index (κ1) is 18.5. The Hall–Kier alpha value is -1.85. The van der Waals surface area contributed by atoms with E-state index in [4.69, 9.17) is 4.74 Å². The molecular formula is C19H22FNO2S. The smallest absolute Gasteiger partial charge is 0.165 e. The van der Waals surface area contributed by atoms with Gasteiger partial charge in [-0.3, -0.25) is 0 Å². The number of halogens is 1. The molecule has 0 aliphatic heterocycles. The molecule has 2 aromatic rings. The highest BCUT2D eigenvalue weighted by Crippen LogP contribution is 2.28. The van der Waals surface area contributed by atoms with Crippen molar-refractivity contribution in [2.75, 3.05) is 7.11 Å². The lowest BCUT2D eigenvalue weighted by atomic mass is 9.92. The summed E-state index contributed by atoms with van der Waals surface area (Å²) in [6, 6.07) is 14.4.